The Morgan fingerprint density at radius 3 is 2.95 bits per heavy atom. The highest BCUT2D eigenvalue weighted by molar-refractivity contribution is 8.01. The lowest BCUT2D eigenvalue weighted by Gasteiger charge is -2.34. The van der Waals surface area contributed by atoms with Crippen LogP contribution in [0.15, 0.2) is 28.6 Å². The lowest BCUT2D eigenvalue weighted by Crippen LogP contribution is -2.43. The van der Waals surface area contributed by atoms with Gasteiger partial charge < -0.3 is 10.6 Å². The Hall–Kier alpha value is -1.11. The summed E-state index contributed by atoms with van der Waals surface area (Å²) in [6.45, 7) is 5.13. The molecule has 6 heteroatoms. The SMILES string of the molecule is CC1(CNC(=O)CSc2nc3ccccc3s2)CCNCC1. The van der Waals surface area contributed by atoms with E-state index in [0.717, 1.165) is 42.3 Å². The van der Waals surface area contributed by atoms with Gasteiger partial charge in [0.05, 0.1) is 16.0 Å². The summed E-state index contributed by atoms with van der Waals surface area (Å²) in [5.74, 6) is 0.540. The number of thioether (sulfide) groups is 1. The van der Waals surface area contributed by atoms with E-state index in [4.69, 9.17) is 0 Å². The molecule has 118 valence electrons. The first-order valence-corrected chi connectivity index (χ1v) is 9.41. The molecule has 0 bridgehead atoms. The Labute approximate surface area is 139 Å². The first-order valence-electron chi connectivity index (χ1n) is 7.60. The molecule has 2 heterocycles. The minimum absolute atomic E-state index is 0.101. The number of hydrogen-bond donors (Lipinski definition) is 2. The van der Waals surface area contributed by atoms with Crippen molar-refractivity contribution in [3.8, 4) is 0 Å². The quantitative estimate of drug-likeness (QED) is 0.825. The van der Waals surface area contributed by atoms with E-state index in [1.807, 2.05) is 18.2 Å². The number of piperidine rings is 1. The molecule has 1 aromatic carbocycles. The van der Waals surface area contributed by atoms with E-state index >= 15 is 0 Å². The minimum Gasteiger partial charge on any atom is -0.355 e. The van der Waals surface area contributed by atoms with Crippen molar-refractivity contribution in [3.05, 3.63) is 24.3 Å². The summed E-state index contributed by atoms with van der Waals surface area (Å²) >= 11 is 3.17. The van der Waals surface area contributed by atoms with Gasteiger partial charge in [0.15, 0.2) is 4.34 Å². The molecule has 1 aliphatic heterocycles. The number of carbonyl (C=O) groups is 1. The molecule has 0 saturated carbocycles. The van der Waals surface area contributed by atoms with E-state index in [0.29, 0.717) is 5.75 Å². The molecule has 1 aromatic heterocycles. The molecule has 2 aromatic rings. The van der Waals surface area contributed by atoms with Gasteiger partial charge in [0.2, 0.25) is 5.91 Å². The van der Waals surface area contributed by atoms with Gasteiger partial charge in [-0.15, -0.1) is 11.3 Å². The zero-order valence-corrected chi connectivity index (χ0v) is 14.4. The average molecular weight is 335 g/mol. The molecule has 1 fully saturated rings. The molecule has 1 aliphatic rings. The third-order valence-corrected chi connectivity index (χ3v) is 6.30. The number of fused-ring (bicyclic) bond motifs is 1. The maximum atomic E-state index is 12.0. The number of amides is 1. The van der Waals surface area contributed by atoms with Gasteiger partial charge in [-0.2, -0.15) is 0 Å². The molecule has 0 unspecified atom stereocenters. The molecule has 1 saturated heterocycles. The average Bonchev–Trinajstić information content (AvgIpc) is 2.95. The second-order valence-electron chi connectivity index (χ2n) is 6.07. The van der Waals surface area contributed by atoms with E-state index in [1.165, 1.54) is 16.5 Å². The summed E-state index contributed by atoms with van der Waals surface area (Å²) in [6, 6.07) is 8.08. The molecule has 1 amide bonds. The highest BCUT2D eigenvalue weighted by Crippen LogP contribution is 2.29. The van der Waals surface area contributed by atoms with Crippen LogP contribution in [-0.2, 0) is 4.79 Å². The fourth-order valence-corrected chi connectivity index (χ4v) is 4.51. The number of carbonyl (C=O) groups excluding carboxylic acids is 1. The monoisotopic (exact) mass is 335 g/mol. The van der Waals surface area contributed by atoms with Gasteiger partial charge in [-0.1, -0.05) is 30.8 Å². The van der Waals surface area contributed by atoms with E-state index in [2.05, 4.69) is 28.6 Å². The van der Waals surface area contributed by atoms with Crippen molar-refractivity contribution in [2.24, 2.45) is 5.41 Å². The van der Waals surface area contributed by atoms with Crippen molar-refractivity contribution in [3.63, 3.8) is 0 Å². The van der Waals surface area contributed by atoms with Gasteiger partial charge in [0.25, 0.3) is 0 Å². The first-order chi connectivity index (χ1) is 10.6. The van der Waals surface area contributed by atoms with Gasteiger partial charge >= 0.3 is 0 Å². The second kappa shape index (κ2) is 6.98. The summed E-state index contributed by atoms with van der Waals surface area (Å²) in [4.78, 5) is 16.6. The maximum absolute atomic E-state index is 12.0. The fraction of sp³-hybridized carbons (Fsp3) is 0.500. The predicted octanol–water partition coefficient (Wildman–Crippen LogP) is 2.89. The maximum Gasteiger partial charge on any atom is 0.230 e. The van der Waals surface area contributed by atoms with E-state index < -0.39 is 0 Å². The zero-order valence-electron chi connectivity index (χ0n) is 12.7. The number of nitrogens with zero attached hydrogens (tertiary/aromatic N) is 1. The Bertz CT molecular complexity index is 617. The van der Waals surface area contributed by atoms with Crippen LogP contribution in [0.25, 0.3) is 10.2 Å². The molecule has 4 nitrogen and oxygen atoms in total. The summed E-state index contributed by atoms with van der Waals surface area (Å²) in [6.07, 6.45) is 2.25. The molecule has 0 aliphatic carbocycles. The van der Waals surface area contributed by atoms with E-state index in [-0.39, 0.29) is 11.3 Å². The second-order valence-corrected chi connectivity index (χ2v) is 8.33. The van der Waals surface area contributed by atoms with E-state index in [1.54, 1.807) is 11.3 Å². The van der Waals surface area contributed by atoms with Crippen LogP contribution in [0.2, 0.25) is 0 Å². The van der Waals surface area contributed by atoms with Crippen LogP contribution in [0.4, 0.5) is 0 Å². The molecule has 2 N–H and O–H groups in total. The molecule has 0 radical (unpaired) electrons. The highest BCUT2D eigenvalue weighted by Gasteiger charge is 2.26. The van der Waals surface area contributed by atoms with Crippen LogP contribution >= 0.6 is 23.1 Å². The Morgan fingerprint density at radius 2 is 2.18 bits per heavy atom. The van der Waals surface area contributed by atoms with Gasteiger partial charge in [0, 0.05) is 6.54 Å². The number of hydrogen-bond acceptors (Lipinski definition) is 5. The van der Waals surface area contributed by atoms with Crippen LogP contribution in [-0.4, -0.2) is 36.3 Å². The summed E-state index contributed by atoms with van der Waals surface area (Å²) in [5, 5.41) is 6.45. The molecule has 0 spiro atoms. The topological polar surface area (TPSA) is 54.0 Å². The smallest absolute Gasteiger partial charge is 0.230 e. The van der Waals surface area contributed by atoms with Crippen LogP contribution in [0.1, 0.15) is 19.8 Å². The van der Waals surface area contributed by atoms with Crippen molar-refractivity contribution in [2.45, 2.75) is 24.1 Å². The van der Waals surface area contributed by atoms with E-state index in [9.17, 15) is 4.79 Å². The van der Waals surface area contributed by atoms with Crippen LogP contribution < -0.4 is 10.6 Å². The number of para-hydroxylation sites is 1. The van der Waals surface area contributed by atoms with Crippen molar-refractivity contribution >= 4 is 39.2 Å². The Kier molecular flexibility index (Phi) is 5.00. The lowest BCUT2D eigenvalue weighted by atomic mass is 9.81. The standard InChI is InChI=1S/C16H21N3OS2/c1-16(6-8-17-9-7-16)11-18-14(20)10-21-15-19-12-4-2-3-5-13(12)22-15/h2-5,17H,6-11H2,1H3,(H,18,20). The Balaban J connectivity index is 1.47. The Morgan fingerprint density at radius 1 is 1.41 bits per heavy atom. The van der Waals surface area contributed by atoms with Crippen LogP contribution in [0.5, 0.6) is 0 Å². The number of rotatable bonds is 5. The fourth-order valence-electron chi connectivity index (χ4n) is 2.61. The molecular formula is C16H21N3OS2. The third-order valence-electron chi connectivity index (χ3n) is 4.12. The van der Waals surface area contributed by atoms with Gasteiger partial charge in [-0.05, 0) is 43.5 Å². The van der Waals surface area contributed by atoms with Crippen molar-refractivity contribution in [1.29, 1.82) is 0 Å². The molecule has 3 rings (SSSR count). The summed E-state index contributed by atoms with van der Waals surface area (Å²) in [5.41, 5.74) is 1.25. The lowest BCUT2D eigenvalue weighted by molar-refractivity contribution is -0.119. The number of nitrogens with one attached hydrogen (secondary N) is 2. The van der Waals surface area contributed by atoms with Crippen LogP contribution in [0.3, 0.4) is 0 Å². The summed E-state index contributed by atoms with van der Waals surface area (Å²) in [7, 11) is 0. The molecule has 22 heavy (non-hydrogen) atoms. The number of benzene rings is 1. The van der Waals surface area contributed by atoms with Crippen LogP contribution in [0, 0.1) is 5.41 Å². The van der Waals surface area contributed by atoms with Crippen molar-refractivity contribution in [1.82, 2.24) is 15.6 Å². The van der Waals surface area contributed by atoms with Gasteiger partial charge in [-0.3, -0.25) is 4.79 Å². The molecular weight excluding hydrogens is 314 g/mol. The van der Waals surface area contributed by atoms with Gasteiger partial charge in [0.1, 0.15) is 0 Å². The predicted molar refractivity (Wildman–Crippen MR) is 93.6 cm³/mol. The largest absolute Gasteiger partial charge is 0.355 e. The number of aromatic nitrogens is 1. The highest BCUT2D eigenvalue weighted by atomic mass is 32.2. The third kappa shape index (κ3) is 4.00. The van der Waals surface area contributed by atoms with Crippen molar-refractivity contribution in [2.75, 3.05) is 25.4 Å². The first kappa shape index (κ1) is 15.8. The van der Waals surface area contributed by atoms with Crippen molar-refractivity contribution < 1.29 is 4.79 Å². The summed E-state index contributed by atoms with van der Waals surface area (Å²) < 4.78 is 2.14. The minimum atomic E-state index is 0.101. The molecule has 0 atom stereocenters. The number of thiazole rings is 1. The van der Waals surface area contributed by atoms with Gasteiger partial charge in [-0.25, -0.2) is 4.98 Å². The normalized spacial score (nSPS) is 17.5. The zero-order chi connectivity index (χ0) is 15.4.